The highest BCUT2D eigenvalue weighted by molar-refractivity contribution is 7.89. The second kappa shape index (κ2) is 9.38. The number of morpholine rings is 1. The molecule has 1 saturated heterocycles. The molecular weight excluding hydrogens is 380 g/mol. The molecule has 0 spiro atoms. The number of rotatable bonds is 8. The molecule has 1 heterocycles. The Morgan fingerprint density at radius 3 is 2.36 bits per heavy atom. The van der Waals surface area contributed by atoms with Crippen molar-refractivity contribution >= 4 is 10.0 Å². The maximum absolute atomic E-state index is 12.7. The number of methoxy groups -OCH3 is 2. The molecule has 1 fully saturated rings. The third-order valence-corrected chi connectivity index (χ3v) is 6.58. The van der Waals surface area contributed by atoms with E-state index in [-0.39, 0.29) is 0 Å². The number of hydrogen-bond donors (Lipinski definition) is 1. The molecule has 8 heteroatoms. The van der Waals surface area contributed by atoms with E-state index in [1.54, 1.807) is 26.4 Å². The van der Waals surface area contributed by atoms with Crippen molar-refractivity contribution in [2.24, 2.45) is 0 Å². The van der Waals surface area contributed by atoms with Crippen LogP contribution >= 0.6 is 0 Å². The maximum Gasteiger partial charge on any atom is 0.243 e. The second-order valence-corrected chi connectivity index (χ2v) is 8.38. The molecule has 0 bridgehead atoms. The van der Waals surface area contributed by atoms with Crippen LogP contribution in [0.1, 0.15) is 11.1 Å². The van der Waals surface area contributed by atoms with Gasteiger partial charge in [0.2, 0.25) is 10.0 Å². The topological polar surface area (TPSA) is 77.1 Å². The first-order valence-corrected chi connectivity index (χ1v) is 10.6. The number of nitrogens with zero attached hydrogens (tertiary/aromatic N) is 1. The molecule has 0 amide bonds. The Balaban J connectivity index is 1.61. The zero-order valence-corrected chi connectivity index (χ0v) is 17.0. The summed E-state index contributed by atoms with van der Waals surface area (Å²) in [6.45, 7) is 2.89. The fourth-order valence-corrected chi connectivity index (χ4v) is 4.48. The maximum atomic E-state index is 12.7. The third-order valence-electron chi connectivity index (χ3n) is 4.66. The van der Waals surface area contributed by atoms with Crippen LogP contribution in [0, 0.1) is 0 Å². The molecule has 1 N–H and O–H groups in total. The van der Waals surface area contributed by atoms with Gasteiger partial charge in [0.15, 0.2) is 0 Å². The Kier molecular flexibility index (Phi) is 6.90. The molecule has 0 aliphatic carbocycles. The summed E-state index contributed by atoms with van der Waals surface area (Å²) in [5.41, 5.74) is 2.00. The Hall–Kier alpha value is -2.13. The Morgan fingerprint density at radius 2 is 1.71 bits per heavy atom. The molecule has 0 radical (unpaired) electrons. The minimum absolute atomic E-state index is 0.313. The van der Waals surface area contributed by atoms with Crippen molar-refractivity contribution in [1.82, 2.24) is 9.62 Å². The fourth-order valence-electron chi connectivity index (χ4n) is 3.08. The van der Waals surface area contributed by atoms with E-state index in [4.69, 9.17) is 14.2 Å². The molecule has 7 nitrogen and oxygen atoms in total. The van der Waals surface area contributed by atoms with Gasteiger partial charge in [0.1, 0.15) is 11.5 Å². The van der Waals surface area contributed by atoms with E-state index < -0.39 is 10.0 Å². The highest BCUT2D eigenvalue weighted by Crippen LogP contribution is 2.24. The van der Waals surface area contributed by atoms with E-state index in [1.165, 1.54) is 4.31 Å². The first-order valence-electron chi connectivity index (χ1n) is 9.13. The van der Waals surface area contributed by atoms with Crippen molar-refractivity contribution < 1.29 is 22.6 Å². The van der Waals surface area contributed by atoms with Gasteiger partial charge in [-0.2, -0.15) is 4.31 Å². The van der Waals surface area contributed by atoms with Crippen LogP contribution in [0.15, 0.2) is 47.4 Å². The largest absolute Gasteiger partial charge is 0.497 e. The lowest BCUT2D eigenvalue weighted by molar-refractivity contribution is 0.0730. The molecule has 2 aromatic carbocycles. The fraction of sp³-hybridized carbons (Fsp3) is 0.400. The van der Waals surface area contributed by atoms with Gasteiger partial charge in [0.25, 0.3) is 0 Å². The standard InChI is InChI=1S/C20H26N2O5S/c1-25-18-5-8-20(26-2)17(13-18)15-21-14-16-3-6-19(7-4-16)28(23,24)22-9-11-27-12-10-22/h3-8,13,21H,9-12,14-15H2,1-2H3. The Bertz CT molecular complexity index is 878. The van der Waals surface area contributed by atoms with Crippen molar-refractivity contribution in [2.45, 2.75) is 18.0 Å². The van der Waals surface area contributed by atoms with Crippen LogP contribution in [-0.2, 0) is 27.8 Å². The minimum atomic E-state index is -3.46. The summed E-state index contributed by atoms with van der Waals surface area (Å²) in [5, 5.41) is 3.35. The summed E-state index contributed by atoms with van der Waals surface area (Å²) in [6.07, 6.45) is 0. The number of nitrogens with one attached hydrogen (secondary N) is 1. The van der Waals surface area contributed by atoms with E-state index in [9.17, 15) is 8.42 Å². The summed E-state index contributed by atoms with van der Waals surface area (Å²) < 4.78 is 42.7. The van der Waals surface area contributed by atoms with E-state index in [0.29, 0.717) is 44.3 Å². The zero-order chi connectivity index (χ0) is 20.0. The summed E-state index contributed by atoms with van der Waals surface area (Å²) in [5.74, 6) is 1.57. The van der Waals surface area contributed by atoms with Crippen molar-refractivity contribution in [3.63, 3.8) is 0 Å². The Morgan fingerprint density at radius 1 is 1.00 bits per heavy atom. The van der Waals surface area contributed by atoms with Crippen LogP contribution < -0.4 is 14.8 Å². The van der Waals surface area contributed by atoms with Gasteiger partial charge in [-0.3, -0.25) is 0 Å². The lowest BCUT2D eigenvalue weighted by Crippen LogP contribution is -2.40. The molecule has 3 rings (SSSR count). The summed E-state index contributed by atoms with van der Waals surface area (Å²) in [4.78, 5) is 0.313. The predicted molar refractivity (Wildman–Crippen MR) is 106 cm³/mol. The molecule has 1 aliphatic heterocycles. The van der Waals surface area contributed by atoms with E-state index in [1.807, 2.05) is 30.3 Å². The smallest absolute Gasteiger partial charge is 0.243 e. The van der Waals surface area contributed by atoms with Gasteiger partial charge in [-0.25, -0.2) is 8.42 Å². The van der Waals surface area contributed by atoms with Crippen LogP contribution in [0.5, 0.6) is 11.5 Å². The van der Waals surface area contributed by atoms with Crippen LogP contribution in [0.25, 0.3) is 0 Å². The van der Waals surface area contributed by atoms with Crippen LogP contribution in [-0.4, -0.2) is 53.2 Å². The van der Waals surface area contributed by atoms with Crippen molar-refractivity contribution in [3.05, 3.63) is 53.6 Å². The molecular formula is C20H26N2O5S. The first-order chi connectivity index (χ1) is 13.5. The van der Waals surface area contributed by atoms with Gasteiger partial charge in [0, 0.05) is 31.7 Å². The monoisotopic (exact) mass is 406 g/mol. The number of benzene rings is 2. The minimum Gasteiger partial charge on any atom is -0.497 e. The molecule has 2 aromatic rings. The predicted octanol–water partition coefficient (Wildman–Crippen LogP) is 2.01. The summed E-state index contributed by atoms with van der Waals surface area (Å²) in [6, 6.07) is 12.7. The number of sulfonamides is 1. The third kappa shape index (κ3) is 4.82. The highest BCUT2D eigenvalue weighted by atomic mass is 32.2. The van der Waals surface area contributed by atoms with Gasteiger partial charge in [-0.1, -0.05) is 12.1 Å². The van der Waals surface area contributed by atoms with Gasteiger partial charge in [0.05, 0.1) is 32.3 Å². The van der Waals surface area contributed by atoms with Gasteiger partial charge >= 0.3 is 0 Å². The Labute approximate surface area is 166 Å². The molecule has 0 saturated carbocycles. The van der Waals surface area contributed by atoms with E-state index in [0.717, 1.165) is 22.6 Å². The molecule has 152 valence electrons. The molecule has 0 aromatic heterocycles. The highest BCUT2D eigenvalue weighted by Gasteiger charge is 2.25. The average molecular weight is 407 g/mol. The van der Waals surface area contributed by atoms with Crippen molar-refractivity contribution in [3.8, 4) is 11.5 Å². The van der Waals surface area contributed by atoms with Crippen molar-refractivity contribution in [2.75, 3.05) is 40.5 Å². The van der Waals surface area contributed by atoms with Gasteiger partial charge in [-0.15, -0.1) is 0 Å². The second-order valence-electron chi connectivity index (χ2n) is 6.44. The summed E-state index contributed by atoms with van der Waals surface area (Å²) in [7, 11) is -0.188. The van der Waals surface area contributed by atoms with E-state index in [2.05, 4.69) is 5.32 Å². The van der Waals surface area contributed by atoms with Gasteiger partial charge < -0.3 is 19.5 Å². The quantitative estimate of drug-likeness (QED) is 0.723. The lowest BCUT2D eigenvalue weighted by Gasteiger charge is -2.26. The van der Waals surface area contributed by atoms with Crippen molar-refractivity contribution in [1.29, 1.82) is 0 Å². The van der Waals surface area contributed by atoms with Crippen LogP contribution in [0.4, 0.5) is 0 Å². The summed E-state index contributed by atoms with van der Waals surface area (Å²) >= 11 is 0. The average Bonchev–Trinajstić information content (AvgIpc) is 2.74. The van der Waals surface area contributed by atoms with E-state index >= 15 is 0 Å². The number of hydrogen-bond acceptors (Lipinski definition) is 6. The molecule has 1 aliphatic rings. The normalized spacial score (nSPS) is 15.4. The number of ether oxygens (including phenoxy) is 3. The SMILES string of the molecule is COc1ccc(OC)c(CNCc2ccc(S(=O)(=O)N3CCOCC3)cc2)c1. The zero-order valence-electron chi connectivity index (χ0n) is 16.2. The lowest BCUT2D eigenvalue weighted by atomic mass is 10.1. The van der Waals surface area contributed by atoms with Crippen LogP contribution in [0.3, 0.4) is 0 Å². The molecule has 28 heavy (non-hydrogen) atoms. The molecule has 0 atom stereocenters. The van der Waals surface area contributed by atoms with Gasteiger partial charge in [-0.05, 0) is 35.9 Å². The van der Waals surface area contributed by atoms with Crippen LogP contribution in [0.2, 0.25) is 0 Å². The molecule has 0 unspecified atom stereocenters. The first kappa shape index (κ1) is 20.6.